The first-order valence-electron chi connectivity index (χ1n) is 9.29. The molecule has 3 nitrogen and oxygen atoms in total. The van der Waals surface area contributed by atoms with Crippen LogP contribution < -0.4 is 0 Å². The largest absolute Gasteiger partial charge is 0.744 e. The van der Waals surface area contributed by atoms with E-state index >= 15 is 0 Å². The quantitative estimate of drug-likeness (QED) is 0.378. The molecule has 4 heteroatoms. The first-order chi connectivity index (χ1) is 11.2. The molecule has 0 aromatic heterocycles. The van der Waals surface area contributed by atoms with E-state index < -0.39 is 10.1 Å². The second kappa shape index (κ2) is 10.2. The van der Waals surface area contributed by atoms with Gasteiger partial charge in [0.05, 0.1) is 4.90 Å². The van der Waals surface area contributed by atoms with Crippen LogP contribution in [0.2, 0.25) is 0 Å². The molecule has 138 valence electrons. The highest BCUT2D eigenvalue weighted by Gasteiger charge is 2.12. The highest BCUT2D eigenvalue weighted by atomic mass is 32.2. The minimum Gasteiger partial charge on any atom is -0.744 e. The lowest BCUT2D eigenvalue weighted by Gasteiger charge is -2.19. The standard InChI is InChI=1S/C20H34O3S/c1-5-6-7-8-16(2)15-17(3)9-10-18(4)19-11-13-20(14-12-19)24(21,22)23/h11-14,16-18H,5-10,15H2,1-4H3,(H,21,22,23)/p-1. The number of hydrogen-bond donors (Lipinski definition) is 0. The van der Waals surface area contributed by atoms with Crippen molar-refractivity contribution in [2.45, 2.75) is 83.5 Å². The van der Waals surface area contributed by atoms with Gasteiger partial charge in [-0.05, 0) is 48.3 Å². The van der Waals surface area contributed by atoms with Crippen LogP contribution in [0.5, 0.6) is 0 Å². The Morgan fingerprint density at radius 3 is 2.04 bits per heavy atom. The maximum absolute atomic E-state index is 11.0. The maximum Gasteiger partial charge on any atom is 0.124 e. The summed E-state index contributed by atoms with van der Waals surface area (Å²) in [6.45, 7) is 9.10. The Kier molecular flexibility index (Phi) is 8.99. The lowest BCUT2D eigenvalue weighted by atomic mass is 9.87. The molecule has 24 heavy (non-hydrogen) atoms. The molecule has 0 fully saturated rings. The normalized spacial score (nSPS) is 15.9. The van der Waals surface area contributed by atoms with Crippen LogP contribution in [0.3, 0.4) is 0 Å². The first kappa shape index (κ1) is 21.2. The second-order valence-corrected chi connectivity index (χ2v) is 8.82. The molecule has 0 aliphatic rings. The predicted octanol–water partition coefficient (Wildman–Crippen LogP) is 5.72. The summed E-state index contributed by atoms with van der Waals surface area (Å²) in [5, 5.41) is 0. The third-order valence-corrected chi connectivity index (χ3v) is 5.79. The molecule has 0 spiro atoms. The lowest BCUT2D eigenvalue weighted by molar-refractivity contribution is 0.356. The van der Waals surface area contributed by atoms with Gasteiger partial charge >= 0.3 is 0 Å². The van der Waals surface area contributed by atoms with Crippen molar-refractivity contribution in [2.24, 2.45) is 11.8 Å². The van der Waals surface area contributed by atoms with Crippen LogP contribution in [-0.2, 0) is 10.1 Å². The SMILES string of the molecule is CCCCCC(C)CC(C)CCC(C)c1ccc(S(=O)(=O)[O-])cc1. The summed E-state index contributed by atoms with van der Waals surface area (Å²) >= 11 is 0. The molecule has 0 amide bonds. The smallest absolute Gasteiger partial charge is 0.124 e. The van der Waals surface area contributed by atoms with Crippen LogP contribution in [0, 0.1) is 11.8 Å². The Balaban J connectivity index is 2.41. The van der Waals surface area contributed by atoms with Crippen molar-refractivity contribution in [1.29, 1.82) is 0 Å². The van der Waals surface area contributed by atoms with Crippen LogP contribution in [0.1, 0.15) is 84.1 Å². The molecule has 0 saturated heterocycles. The third kappa shape index (κ3) is 7.80. The summed E-state index contributed by atoms with van der Waals surface area (Å²) in [5.41, 5.74) is 1.10. The minimum absolute atomic E-state index is 0.146. The van der Waals surface area contributed by atoms with E-state index in [1.165, 1.54) is 50.7 Å². The Labute approximate surface area is 148 Å². The third-order valence-electron chi connectivity index (χ3n) is 4.94. The van der Waals surface area contributed by atoms with E-state index in [1.54, 1.807) is 12.1 Å². The van der Waals surface area contributed by atoms with E-state index in [0.29, 0.717) is 11.8 Å². The molecule has 0 saturated carbocycles. The minimum atomic E-state index is -4.34. The Hall–Kier alpha value is -0.870. The average Bonchev–Trinajstić information content (AvgIpc) is 2.52. The summed E-state index contributed by atoms with van der Waals surface area (Å²) in [6.07, 6.45) is 8.85. The highest BCUT2D eigenvalue weighted by Crippen LogP contribution is 2.27. The molecule has 0 N–H and O–H groups in total. The van der Waals surface area contributed by atoms with E-state index in [-0.39, 0.29) is 4.90 Å². The van der Waals surface area contributed by atoms with Crippen LogP contribution in [0.4, 0.5) is 0 Å². The lowest BCUT2D eigenvalue weighted by Crippen LogP contribution is -2.05. The molecule has 0 aliphatic heterocycles. The molecule has 0 bridgehead atoms. The molecule has 3 unspecified atom stereocenters. The number of rotatable bonds is 11. The van der Waals surface area contributed by atoms with Crippen LogP contribution >= 0.6 is 0 Å². The number of benzene rings is 1. The summed E-state index contributed by atoms with van der Waals surface area (Å²) in [4.78, 5) is -0.146. The molecule has 1 aromatic carbocycles. The molecular weight excluding hydrogens is 320 g/mol. The average molecular weight is 354 g/mol. The topological polar surface area (TPSA) is 57.2 Å². The second-order valence-electron chi connectivity index (χ2n) is 7.44. The van der Waals surface area contributed by atoms with Gasteiger partial charge in [0.1, 0.15) is 10.1 Å². The van der Waals surface area contributed by atoms with E-state index in [0.717, 1.165) is 17.9 Å². The van der Waals surface area contributed by atoms with Crippen molar-refractivity contribution in [1.82, 2.24) is 0 Å². The number of unbranched alkanes of at least 4 members (excludes halogenated alkanes) is 2. The highest BCUT2D eigenvalue weighted by molar-refractivity contribution is 7.85. The van der Waals surface area contributed by atoms with E-state index in [9.17, 15) is 13.0 Å². The Morgan fingerprint density at radius 1 is 0.917 bits per heavy atom. The van der Waals surface area contributed by atoms with Gasteiger partial charge in [0, 0.05) is 0 Å². The van der Waals surface area contributed by atoms with Crippen molar-refractivity contribution in [2.75, 3.05) is 0 Å². The van der Waals surface area contributed by atoms with Crippen LogP contribution in [0.15, 0.2) is 29.2 Å². The van der Waals surface area contributed by atoms with E-state index in [4.69, 9.17) is 0 Å². The summed E-state index contributed by atoms with van der Waals surface area (Å²) in [5.74, 6) is 1.89. The van der Waals surface area contributed by atoms with Crippen molar-refractivity contribution < 1.29 is 13.0 Å². The summed E-state index contributed by atoms with van der Waals surface area (Å²) < 4.78 is 32.9. The van der Waals surface area contributed by atoms with Gasteiger partial charge in [-0.1, -0.05) is 71.9 Å². The fraction of sp³-hybridized carbons (Fsp3) is 0.700. The van der Waals surface area contributed by atoms with Gasteiger partial charge in [-0.2, -0.15) is 0 Å². The Bertz CT molecular complexity index is 563. The van der Waals surface area contributed by atoms with Gasteiger partial charge < -0.3 is 4.55 Å². The zero-order valence-electron chi connectivity index (χ0n) is 15.6. The van der Waals surface area contributed by atoms with Crippen molar-refractivity contribution in [3.05, 3.63) is 29.8 Å². The molecular formula is C20H33O3S-. The zero-order chi connectivity index (χ0) is 18.2. The maximum atomic E-state index is 11.0. The van der Waals surface area contributed by atoms with Gasteiger partial charge in [0.2, 0.25) is 0 Å². The molecule has 3 atom stereocenters. The molecule has 1 aromatic rings. The van der Waals surface area contributed by atoms with Gasteiger partial charge in [-0.3, -0.25) is 0 Å². The van der Waals surface area contributed by atoms with Crippen molar-refractivity contribution in [3.63, 3.8) is 0 Å². The van der Waals surface area contributed by atoms with Crippen LogP contribution in [-0.4, -0.2) is 13.0 Å². The molecule has 0 aliphatic carbocycles. The molecule has 0 heterocycles. The summed E-state index contributed by atoms with van der Waals surface area (Å²) in [7, 11) is -4.34. The Morgan fingerprint density at radius 2 is 1.50 bits per heavy atom. The number of hydrogen-bond acceptors (Lipinski definition) is 3. The summed E-state index contributed by atoms with van der Waals surface area (Å²) in [6, 6.07) is 6.39. The van der Waals surface area contributed by atoms with E-state index in [1.807, 2.05) is 0 Å². The van der Waals surface area contributed by atoms with Crippen LogP contribution in [0.25, 0.3) is 0 Å². The van der Waals surface area contributed by atoms with Gasteiger partial charge in [-0.15, -0.1) is 0 Å². The van der Waals surface area contributed by atoms with Crippen molar-refractivity contribution >= 4 is 10.1 Å². The zero-order valence-corrected chi connectivity index (χ0v) is 16.4. The molecule has 1 rings (SSSR count). The van der Waals surface area contributed by atoms with Gasteiger partial charge in [0.25, 0.3) is 0 Å². The van der Waals surface area contributed by atoms with Gasteiger partial charge in [0.15, 0.2) is 0 Å². The monoisotopic (exact) mass is 353 g/mol. The van der Waals surface area contributed by atoms with E-state index in [2.05, 4.69) is 27.7 Å². The predicted molar refractivity (Wildman–Crippen MR) is 99.1 cm³/mol. The van der Waals surface area contributed by atoms with Gasteiger partial charge in [-0.25, -0.2) is 8.42 Å². The fourth-order valence-corrected chi connectivity index (χ4v) is 3.80. The molecule has 0 radical (unpaired) electrons. The van der Waals surface area contributed by atoms with Crippen molar-refractivity contribution in [3.8, 4) is 0 Å². The fourth-order valence-electron chi connectivity index (χ4n) is 3.33. The first-order valence-corrected chi connectivity index (χ1v) is 10.7.